The highest BCUT2D eigenvalue weighted by Gasteiger charge is 2.14. The molecule has 0 bridgehead atoms. The third-order valence-corrected chi connectivity index (χ3v) is 4.52. The monoisotopic (exact) mass is 393 g/mol. The first kappa shape index (κ1) is 16.0. The Hall–Kier alpha value is -1.36. The lowest BCUT2D eigenvalue weighted by Gasteiger charge is -2.18. The van der Waals surface area contributed by atoms with E-state index in [-0.39, 0.29) is 11.9 Å². The fourth-order valence-electron chi connectivity index (χ4n) is 2.41. The summed E-state index contributed by atoms with van der Waals surface area (Å²) >= 11 is 2.23. The van der Waals surface area contributed by atoms with E-state index in [1.165, 1.54) is 22.3 Å². The average molecular weight is 393 g/mol. The van der Waals surface area contributed by atoms with Crippen LogP contribution in [0.25, 0.3) is 0 Å². The molecule has 3 heteroatoms. The topological polar surface area (TPSA) is 29.1 Å². The highest BCUT2D eigenvalue weighted by molar-refractivity contribution is 14.1. The highest BCUT2D eigenvalue weighted by atomic mass is 127. The maximum atomic E-state index is 12.3. The van der Waals surface area contributed by atoms with Gasteiger partial charge in [-0.15, -0.1) is 0 Å². The van der Waals surface area contributed by atoms with Crippen molar-refractivity contribution in [2.24, 2.45) is 0 Å². The quantitative estimate of drug-likeness (QED) is 0.753. The van der Waals surface area contributed by atoms with Crippen LogP contribution in [0.4, 0.5) is 0 Å². The van der Waals surface area contributed by atoms with Crippen LogP contribution in [0.5, 0.6) is 0 Å². The summed E-state index contributed by atoms with van der Waals surface area (Å²) in [5, 5.41) is 3.08. The Morgan fingerprint density at radius 1 is 1.00 bits per heavy atom. The van der Waals surface area contributed by atoms with Crippen molar-refractivity contribution in [3.63, 3.8) is 0 Å². The van der Waals surface area contributed by atoms with Crippen LogP contribution < -0.4 is 5.32 Å². The van der Waals surface area contributed by atoms with Gasteiger partial charge in [0, 0.05) is 9.13 Å². The Morgan fingerprint density at radius 3 is 2.19 bits per heavy atom. The molecule has 2 aromatic carbocycles. The summed E-state index contributed by atoms with van der Waals surface area (Å²) in [6.45, 7) is 8.34. The molecule has 0 unspecified atom stereocenters. The summed E-state index contributed by atoms with van der Waals surface area (Å²) in [6, 6.07) is 12.0. The highest BCUT2D eigenvalue weighted by Crippen LogP contribution is 2.22. The Bertz CT molecular complexity index is 662. The molecule has 2 nitrogen and oxygen atoms in total. The predicted octanol–water partition coefficient (Wildman–Crippen LogP) is 4.71. The van der Waals surface area contributed by atoms with Crippen LogP contribution in [-0.2, 0) is 0 Å². The Balaban J connectivity index is 2.18. The van der Waals surface area contributed by atoms with E-state index in [4.69, 9.17) is 0 Å². The van der Waals surface area contributed by atoms with Gasteiger partial charge in [0.1, 0.15) is 0 Å². The number of carbonyl (C=O) groups excluding carboxylic acids is 1. The number of aryl methyl sites for hydroxylation is 3. The van der Waals surface area contributed by atoms with Gasteiger partial charge in [0.25, 0.3) is 5.91 Å². The lowest BCUT2D eigenvalue weighted by atomic mass is 9.96. The van der Waals surface area contributed by atoms with E-state index in [9.17, 15) is 4.79 Å². The van der Waals surface area contributed by atoms with Crippen LogP contribution in [0, 0.1) is 24.3 Å². The molecule has 1 amide bonds. The largest absolute Gasteiger partial charge is 0.346 e. The van der Waals surface area contributed by atoms with E-state index in [1.807, 2.05) is 31.2 Å². The maximum absolute atomic E-state index is 12.3. The molecule has 0 fully saturated rings. The van der Waals surface area contributed by atoms with Crippen molar-refractivity contribution in [1.29, 1.82) is 0 Å². The lowest BCUT2D eigenvalue weighted by Crippen LogP contribution is -2.27. The number of hydrogen-bond acceptors (Lipinski definition) is 1. The minimum Gasteiger partial charge on any atom is -0.346 e. The van der Waals surface area contributed by atoms with E-state index < -0.39 is 0 Å². The average Bonchev–Trinajstić information content (AvgIpc) is 2.43. The minimum absolute atomic E-state index is 0.00363. The van der Waals surface area contributed by atoms with Crippen molar-refractivity contribution in [2.45, 2.75) is 33.7 Å². The minimum atomic E-state index is -0.0310. The zero-order valence-electron chi connectivity index (χ0n) is 12.8. The van der Waals surface area contributed by atoms with Crippen LogP contribution in [0.3, 0.4) is 0 Å². The molecular weight excluding hydrogens is 373 g/mol. The fraction of sp³-hybridized carbons (Fsp3) is 0.278. The van der Waals surface area contributed by atoms with Gasteiger partial charge in [0.2, 0.25) is 0 Å². The molecule has 0 radical (unpaired) electrons. The molecule has 2 rings (SSSR count). The molecule has 0 saturated carbocycles. The number of halogens is 1. The molecule has 0 saturated heterocycles. The van der Waals surface area contributed by atoms with Gasteiger partial charge in [0.05, 0.1) is 6.04 Å². The fourth-order valence-corrected chi connectivity index (χ4v) is 2.77. The number of nitrogens with one attached hydrogen (secondary N) is 1. The van der Waals surface area contributed by atoms with Gasteiger partial charge in [-0.1, -0.05) is 12.1 Å². The molecule has 0 aromatic heterocycles. The summed E-state index contributed by atoms with van der Waals surface area (Å²) < 4.78 is 1.13. The van der Waals surface area contributed by atoms with Gasteiger partial charge in [-0.25, -0.2) is 0 Å². The summed E-state index contributed by atoms with van der Waals surface area (Å²) in [5.41, 5.74) is 5.63. The number of carbonyl (C=O) groups is 1. The predicted molar refractivity (Wildman–Crippen MR) is 95.7 cm³/mol. The van der Waals surface area contributed by atoms with E-state index in [0.717, 1.165) is 3.57 Å². The molecule has 21 heavy (non-hydrogen) atoms. The van der Waals surface area contributed by atoms with Crippen molar-refractivity contribution in [1.82, 2.24) is 5.32 Å². The summed E-state index contributed by atoms with van der Waals surface area (Å²) in [7, 11) is 0. The number of benzene rings is 2. The van der Waals surface area contributed by atoms with E-state index in [0.29, 0.717) is 5.56 Å². The molecule has 0 aliphatic carbocycles. The smallest absolute Gasteiger partial charge is 0.251 e. The van der Waals surface area contributed by atoms with Crippen molar-refractivity contribution >= 4 is 28.5 Å². The van der Waals surface area contributed by atoms with E-state index in [1.54, 1.807) is 0 Å². The van der Waals surface area contributed by atoms with E-state index >= 15 is 0 Å². The molecule has 1 N–H and O–H groups in total. The number of rotatable bonds is 3. The third-order valence-electron chi connectivity index (χ3n) is 3.80. The van der Waals surface area contributed by atoms with Crippen molar-refractivity contribution in [2.75, 3.05) is 0 Å². The Kier molecular flexibility index (Phi) is 5.04. The normalized spacial score (nSPS) is 12.0. The van der Waals surface area contributed by atoms with Gasteiger partial charge >= 0.3 is 0 Å². The molecule has 0 spiro atoms. The molecule has 0 aliphatic rings. The van der Waals surface area contributed by atoms with Crippen LogP contribution in [0.15, 0.2) is 36.4 Å². The van der Waals surface area contributed by atoms with Crippen LogP contribution in [0.1, 0.15) is 45.6 Å². The second-order valence-electron chi connectivity index (χ2n) is 5.50. The summed E-state index contributed by atoms with van der Waals surface area (Å²) in [4.78, 5) is 12.3. The standard InChI is InChI=1S/C18H20INO/c1-11-9-13(3)17(10-12(11)2)14(4)20-18(21)15-5-7-16(19)8-6-15/h5-10,14H,1-4H3,(H,20,21)/t14-/m1/s1. The van der Waals surface area contributed by atoms with Gasteiger partial charge in [-0.2, -0.15) is 0 Å². The van der Waals surface area contributed by atoms with Crippen LogP contribution in [0.2, 0.25) is 0 Å². The second kappa shape index (κ2) is 6.60. The Morgan fingerprint density at radius 2 is 1.57 bits per heavy atom. The number of hydrogen-bond donors (Lipinski definition) is 1. The van der Waals surface area contributed by atoms with Crippen LogP contribution >= 0.6 is 22.6 Å². The first-order chi connectivity index (χ1) is 9.88. The van der Waals surface area contributed by atoms with E-state index in [2.05, 4.69) is 60.8 Å². The summed E-state index contributed by atoms with van der Waals surface area (Å²) in [6.07, 6.45) is 0. The zero-order valence-corrected chi connectivity index (χ0v) is 15.0. The molecule has 0 heterocycles. The van der Waals surface area contributed by atoms with Crippen molar-refractivity contribution < 1.29 is 4.79 Å². The second-order valence-corrected chi connectivity index (χ2v) is 6.74. The van der Waals surface area contributed by atoms with Gasteiger partial charge in [0.15, 0.2) is 0 Å². The molecule has 2 aromatic rings. The van der Waals surface area contributed by atoms with Crippen molar-refractivity contribution in [3.05, 3.63) is 67.8 Å². The van der Waals surface area contributed by atoms with Crippen LogP contribution in [-0.4, -0.2) is 5.91 Å². The molecule has 0 aliphatic heterocycles. The molecule has 1 atom stereocenters. The zero-order chi connectivity index (χ0) is 15.6. The molecule has 110 valence electrons. The summed E-state index contributed by atoms with van der Waals surface area (Å²) in [5.74, 6) is -0.0310. The lowest BCUT2D eigenvalue weighted by molar-refractivity contribution is 0.0940. The number of amides is 1. The van der Waals surface area contributed by atoms with Gasteiger partial charge < -0.3 is 5.32 Å². The maximum Gasteiger partial charge on any atom is 0.251 e. The van der Waals surface area contributed by atoms with Gasteiger partial charge in [-0.05, 0) is 96.8 Å². The van der Waals surface area contributed by atoms with Gasteiger partial charge in [-0.3, -0.25) is 4.79 Å². The Labute approximate surface area is 140 Å². The molecular formula is C18H20INO. The third kappa shape index (κ3) is 3.84. The SMILES string of the molecule is Cc1cc(C)c([C@@H](C)NC(=O)c2ccc(I)cc2)cc1C. The first-order valence-electron chi connectivity index (χ1n) is 7.02. The first-order valence-corrected chi connectivity index (χ1v) is 8.10. The van der Waals surface area contributed by atoms with Crippen molar-refractivity contribution in [3.8, 4) is 0 Å².